The summed E-state index contributed by atoms with van der Waals surface area (Å²) in [6, 6.07) is 0. The quantitative estimate of drug-likeness (QED) is 0.610. The summed E-state index contributed by atoms with van der Waals surface area (Å²) in [5.74, 6) is 0.974. The third-order valence-corrected chi connectivity index (χ3v) is 5.43. The van der Waals surface area contributed by atoms with Crippen molar-refractivity contribution in [3.63, 3.8) is 0 Å². The highest BCUT2D eigenvalue weighted by Gasteiger charge is 2.35. The fraction of sp³-hybridized carbons (Fsp3) is 1.00. The molecule has 84 valence electrons. The van der Waals surface area contributed by atoms with Crippen molar-refractivity contribution in [3.8, 4) is 0 Å². The third-order valence-electron chi connectivity index (χ3n) is 2.31. The van der Waals surface area contributed by atoms with Gasteiger partial charge in [-0.2, -0.15) is 0 Å². The van der Waals surface area contributed by atoms with Crippen LogP contribution in [0.1, 0.15) is 19.3 Å². The zero-order valence-corrected chi connectivity index (χ0v) is 10.5. The highest BCUT2D eigenvalue weighted by atomic mass is 35.5. The largest absolute Gasteiger partial charge is 0.317 e. The first-order chi connectivity index (χ1) is 6.73. The first kappa shape index (κ1) is 12.8. The Kier molecular flexibility index (Phi) is 5.80. The number of halogens is 2. The van der Waals surface area contributed by atoms with Gasteiger partial charge in [0.15, 0.2) is 0 Å². The summed E-state index contributed by atoms with van der Waals surface area (Å²) in [7, 11) is -2.68. The van der Waals surface area contributed by atoms with Gasteiger partial charge in [0.25, 0.3) is 7.52 Å². The minimum atomic E-state index is -2.68. The lowest BCUT2D eigenvalue weighted by molar-refractivity contribution is 0.260. The molecular weight excluding hydrogens is 244 g/mol. The molecule has 0 aromatic carbocycles. The molecule has 0 bridgehead atoms. The fourth-order valence-corrected chi connectivity index (χ4v) is 4.63. The van der Waals surface area contributed by atoms with E-state index in [0.29, 0.717) is 24.9 Å². The summed E-state index contributed by atoms with van der Waals surface area (Å²) < 4.78 is 17.6. The molecule has 0 aromatic heterocycles. The Labute approximate surface area is 95.0 Å². The molecule has 14 heavy (non-hydrogen) atoms. The Bertz CT molecular complexity index is 214. The molecule has 1 aliphatic heterocycles. The summed E-state index contributed by atoms with van der Waals surface area (Å²) in [4.78, 5) is 0. The van der Waals surface area contributed by atoms with Gasteiger partial charge in [0.2, 0.25) is 0 Å². The van der Waals surface area contributed by atoms with Gasteiger partial charge in [-0.15, -0.1) is 23.2 Å². The van der Waals surface area contributed by atoms with Gasteiger partial charge in [0.05, 0.1) is 12.3 Å². The lowest BCUT2D eigenvalue weighted by Crippen LogP contribution is -2.28. The van der Waals surface area contributed by atoms with Gasteiger partial charge in [-0.25, -0.2) is 5.09 Å². The van der Waals surface area contributed by atoms with Crippen LogP contribution in [-0.2, 0) is 9.09 Å². The van der Waals surface area contributed by atoms with E-state index in [4.69, 9.17) is 27.7 Å². The molecule has 0 aromatic rings. The van der Waals surface area contributed by atoms with Crippen LogP contribution in [0.5, 0.6) is 0 Å². The van der Waals surface area contributed by atoms with E-state index in [-0.39, 0.29) is 5.66 Å². The van der Waals surface area contributed by atoms with E-state index in [9.17, 15) is 4.57 Å². The van der Waals surface area contributed by atoms with Crippen LogP contribution in [-0.4, -0.2) is 30.6 Å². The molecule has 1 fully saturated rings. The Morgan fingerprint density at radius 2 is 2.21 bits per heavy atom. The molecule has 0 aliphatic carbocycles. The lowest BCUT2D eigenvalue weighted by Gasteiger charge is -2.31. The van der Waals surface area contributed by atoms with Gasteiger partial charge in [-0.1, -0.05) is 0 Å². The number of rotatable bonds is 5. The minimum Gasteiger partial charge on any atom is -0.317 e. The summed E-state index contributed by atoms with van der Waals surface area (Å²) in [6.45, 7) is 1.10. The van der Waals surface area contributed by atoms with Crippen LogP contribution in [0.15, 0.2) is 0 Å². The second-order valence-corrected chi connectivity index (χ2v) is 6.56. The Morgan fingerprint density at radius 3 is 2.86 bits per heavy atom. The van der Waals surface area contributed by atoms with Gasteiger partial charge >= 0.3 is 0 Å². The van der Waals surface area contributed by atoms with Gasteiger partial charge < -0.3 is 4.52 Å². The van der Waals surface area contributed by atoms with Crippen molar-refractivity contribution < 1.29 is 9.09 Å². The van der Waals surface area contributed by atoms with Gasteiger partial charge in [-0.05, 0) is 19.3 Å². The SMILES string of the molecule is O=P1(NCCCl)OCCCC1CCCl. The van der Waals surface area contributed by atoms with Crippen molar-refractivity contribution in [2.75, 3.05) is 24.9 Å². The van der Waals surface area contributed by atoms with E-state index >= 15 is 0 Å². The molecular formula is C8H16Cl2NO2P. The maximum atomic E-state index is 12.3. The topological polar surface area (TPSA) is 38.3 Å². The van der Waals surface area contributed by atoms with Gasteiger partial charge in [0.1, 0.15) is 0 Å². The first-order valence-corrected chi connectivity index (χ1v) is 7.60. The molecule has 3 nitrogen and oxygen atoms in total. The minimum absolute atomic E-state index is 0.0666. The number of hydrogen-bond donors (Lipinski definition) is 1. The zero-order valence-electron chi connectivity index (χ0n) is 8.05. The molecule has 1 aliphatic rings. The summed E-state index contributed by atoms with van der Waals surface area (Å²) in [5, 5.41) is 2.93. The maximum absolute atomic E-state index is 12.3. The maximum Gasteiger partial charge on any atom is 0.272 e. The standard InChI is InChI=1S/C8H16Cl2NO2P/c9-4-3-8-2-1-7-13-14(8,12)11-6-5-10/h8H,1-7H2,(H,11,12). The predicted molar refractivity (Wildman–Crippen MR) is 60.6 cm³/mol. The van der Waals surface area contributed by atoms with E-state index in [0.717, 1.165) is 19.3 Å². The highest BCUT2D eigenvalue weighted by Crippen LogP contribution is 2.53. The van der Waals surface area contributed by atoms with Crippen LogP contribution in [0.3, 0.4) is 0 Å². The molecule has 1 saturated heterocycles. The smallest absolute Gasteiger partial charge is 0.272 e. The molecule has 2 atom stereocenters. The van der Waals surface area contributed by atoms with E-state index in [1.165, 1.54) is 0 Å². The van der Waals surface area contributed by atoms with Crippen molar-refractivity contribution in [2.45, 2.75) is 24.9 Å². The van der Waals surface area contributed by atoms with E-state index in [1.807, 2.05) is 0 Å². The molecule has 2 unspecified atom stereocenters. The van der Waals surface area contributed by atoms with Crippen molar-refractivity contribution in [1.82, 2.24) is 5.09 Å². The lowest BCUT2D eigenvalue weighted by atomic mass is 10.2. The van der Waals surface area contributed by atoms with Crippen LogP contribution in [0.25, 0.3) is 0 Å². The normalized spacial score (nSPS) is 33.1. The van der Waals surface area contributed by atoms with Crippen LogP contribution in [0.4, 0.5) is 0 Å². The molecule has 0 radical (unpaired) electrons. The summed E-state index contributed by atoms with van der Waals surface area (Å²) >= 11 is 11.2. The van der Waals surface area contributed by atoms with E-state index in [2.05, 4.69) is 5.09 Å². The van der Waals surface area contributed by atoms with Crippen molar-refractivity contribution in [3.05, 3.63) is 0 Å². The second-order valence-electron chi connectivity index (χ2n) is 3.30. The predicted octanol–water partition coefficient (Wildman–Crippen LogP) is 2.82. The number of nitrogens with one attached hydrogen (secondary N) is 1. The second kappa shape index (κ2) is 6.34. The Morgan fingerprint density at radius 1 is 1.43 bits per heavy atom. The third kappa shape index (κ3) is 3.39. The summed E-state index contributed by atoms with van der Waals surface area (Å²) in [6.07, 6.45) is 2.64. The van der Waals surface area contributed by atoms with Gasteiger partial charge in [-0.3, -0.25) is 4.57 Å². The van der Waals surface area contributed by atoms with Crippen molar-refractivity contribution in [2.24, 2.45) is 0 Å². The highest BCUT2D eigenvalue weighted by molar-refractivity contribution is 7.57. The number of alkyl halides is 2. The van der Waals surface area contributed by atoms with Crippen LogP contribution in [0.2, 0.25) is 0 Å². The molecule has 0 saturated carbocycles. The molecule has 1 rings (SSSR count). The molecule has 6 heteroatoms. The molecule has 1 N–H and O–H groups in total. The van der Waals surface area contributed by atoms with E-state index in [1.54, 1.807) is 0 Å². The fourth-order valence-electron chi connectivity index (χ4n) is 1.61. The molecule has 1 heterocycles. The Balaban J connectivity index is 2.55. The Hall–Kier alpha value is 0.730. The van der Waals surface area contributed by atoms with Crippen molar-refractivity contribution >= 4 is 30.7 Å². The average Bonchev–Trinajstić information content (AvgIpc) is 2.19. The van der Waals surface area contributed by atoms with Crippen LogP contribution in [0, 0.1) is 0 Å². The number of hydrogen-bond acceptors (Lipinski definition) is 2. The van der Waals surface area contributed by atoms with E-state index < -0.39 is 7.52 Å². The van der Waals surface area contributed by atoms with Crippen molar-refractivity contribution in [1.29, 1.82) is 0 Å². The monoisotopic (exact) mass is 259 g/mol. The molecule has 0 amide bonds. The van der Waals surface area contributed by atoms with Gasteiger partial charge in [0, 0.05) is 18.3 Å². The first-order valence-electron chi connectivity index (χ1n) is 4.84. The molecule has 0 spiro atoms. The summed E-state index contributed by atoms with van der Waals surface area (Å²) in [5.41, 5.74) is 0.0666. The van der Waals surface area contributed by atoms with Crippen LogP contribution < -0.4 is 5.09 Å². The zero-order chi connectivity index (χ0) is 10.4. The van der Waals surface area contributed by atoms with Crippen LogP contribution >= 0.6 is 30.7 Å². The average molecular weight is 260 g/mol.